The van der Waals surface area contributed by atoms with Crippen LogP contribution in [0, 0.1) is 0 Å². The number of aromatic nitrogens is 2. The molecule has 1 rings (SSSR count). The molecule has 80 valence electrons. The topological polar surface area (TPSA) is 29.9 Å². The van der Waals surface area contributed by atoms with Crippen molar-refractivity contribution in [2.75, 3.05) is 16.8 Å². The van der Waals surface area contributed by atoms with E-state index in [1.165, 1.54) is 5.75 Å². The number of hydrogen-bond donors (Lipinski definition) is 1. The lowest BCUT2D eigenvalue weighted by Crippen LogP contribution is -2.20. The first-order valence-electron chi connectivity index (χ1n) is 5.13. The minimum absolute atomic E-state index is 0.479. The average Bonchev–Trinajstić information content (AvgIpc) is 2.62. The highest BCUT2D eigenvalue weighted by molar-refractivity contribution is 7.99. The lowest BCUT2D eigenvalue weighted by atomic mass is 10.4. The molecule has 0 bridgehead atoms. The zero-order chi connectivity index (χ0) is 10.4. The zero-order valence-electron chi connectivity index (χ0n) is 9.16. The van der Waals surface area contributed by atoms with E-state index < -0.39 is 0 Å². The van der Waals surface area contributed by atoms with Crippen LogP contribution in [-0.2, 0) is 6.54 Å². The molecule has 3 nitrogen and oxygen atoms in total. The molecule has 0 aromatic carbocycles. The molecule has 0 spiro atoms. The smallest absolute Gasteiger partial charge is 0.202 e. The van der Waals surface area contributed by atoms with Crippen molar-refractivity contribution >= 4 is 17.7 Å². The normalized spacial score (nSPS) is 12.8. The third-order valence-corrected chi connectivity index (χ3v) is 3.15. The van der Waals surface area contributed by atoms with E-state index in [1.807, 2.05) is 24.2 Å². The molecule has 0 aliphatic carbocycles. The number of imidazole rings is 1. The SMILES string of the molecule is CCSCC(C)Nc1nccn1CC. The van der Waals surface area contributed by atoms with Crippen molar-refractivity contribution in [2.45, 2.75) is 33.4 Å². The standard InChI is InChI=1S/C10H19N3S/c1-4-13-7-6-11-10(13)12-9(3)8-14-5-2/h6-7,9H,4-5,8H2,1-3H3,(H,11,12). The second kappa shape index (κ2) is 5.96. The molecule has 0 saturated carbocycles. The van der Waals surface area contributed by atoms with Crippen LogP contribution in [0.2, 0.25) is 0 Å². The molecule has 0 radical (unpaired) electrons. The molecule has 1 N–H and O–H groups in total. The van der Waals surface area contributed by atoms with Gasteiger partial charge in [-0.3, -0.25) is 0 Å². The van der Waals surface area contributed by atoms with Crippen LogP contribution < -0.4 is 5.32 Å². The van der Waals surface area contributed by atoms with Gasteiger partial charge >= 0.3 is 0 Å². The molecule has 0 aliphatic heterocycles. The number of rotatable bonds is 6. The van der Waals surface area contributed by atoms with Crippen molar-refractivity contribution in [3.05, 3.63) is 12.4 Å². The maximum Gasteiger partial charge on any atom is 0.202 e. The molecule has 0 fully saturated rings. The van der Waals surface area contributed by atoms with Gasteiger partial charge in [-0.2, -0.15) is 11.8 Å². The van der Waals surface area contributed by atoms with Crippen LogP contribution >= 0.6 is 11.8 Å². The predicted molar refractivity (Wildman–Crippen MR) is 64.0 cm³/mol. The van der Waals surface area contributed by atoms with Crippen LogP contribution in [0.4, 0.5) is 5.95 Å². The second-order valence-corrected chi connectivity index (χ2v) is 4.56. The van der Waals surface area contributed by atoms with Crippen LogP contribution in [0.15, 0.2) is 12.4 Å². The maximum atomic E-state index is 4.28. The number of nitrogens with one attached hydrogen (secondary N) is 1. The summed E-state index contributed by atoms with van der Waals surface area (Å²) in [5, 5.41) is 3.41. The highest BCUT2D eigenvalue weighted by atomic mass is 32.2. The second-order valence-electron chi connectivity index (χ2n) is 3.24. The number of anilines is 1. The molecule has 1 atom stereocenters. The Morgan fingerprint density at radius 3 is 3.00 bits per heavy atom. The van der Waals surface area contributed by atoms with E-state index in [2.05, 4.69) is 35.6 Å². The first-order chi connectivity index (χ1) is 6.77. The molecule has 1 heterocycles. The molecule has 14 heavy (non-hydrogen) atoms. The fraction of sp³-hybridized carbons (Fsp3) is 0.700. The molecule has 0 saturated heterocycles. The van der Waals surface area contributed by atoms with Crippen LogP contribution in [0.1, 0.15) is 20.8 Å². The summed E-state index contributed by atoms with van der Waals surface area (Å²) in [6.07, 6.45) is 3.84. The molecular weight excluding hydrogens is 194 g/mol. The van der Waals surface area contributed by atoms with Gasteiger partial charge in [-0.05, 0) is 19.6 Å². The van der Waals surface area contributed by atoms with Crippen molar-refractivity contribution in [3.63, 3.8) is 0 Å². The van der Waals surface area contributed by atoms with Gasteiger partial charge in [0.15, 0.2) is 0 Å². The maximum absolute atomic E-state index is 4.28. The fourth-order valence-corrected chi connectivity index (χ4v) is 1.93. The van der Waals surface area contributed by atoms with Gasteiger partial charge in [0.2, 0.25) is 5.95 Å². The Labute approximate surface area is 90.3 Å². The van der Waals surface area contributed by atoms with Crippen molar-refractivity contribution < 1.29 is 0 Å². The summed E-state index contributed by atoms with van der Waals surface area (Å²) < 4.78 is 2.12. The Hall–Kier alpha value is -0.640. The van der Waals surface area contributed by atoms with Crippen LogP contribution in [0.25, 0.3) is 0 Å². The summed E-state index contributed by atoms with van der Waals surface area (Å²) >= 11 is 1.95. The van der Waals surface area contributed by atoms with Gasteiger partial charge in [0.05, 0.1) is 0 Å². The van der Waals surface area contributed by atoms with E-state index in [9.17, 15) is 0 Å². The van der Waals surface area contributed by atoms with E-state index >= 15 is 0 Å². The molecule has 4 heteroatoms. The van der Waals surface area contributed by atoms with Crippen molar-refractivity contribution in [3.8, 4) is 0 Å². The lowest BCUT2D eigenvalue weighted by molar-refractivity contribution is 0.749. The van der Waals surface area contributed by atoms with E-state index in [4.69, 9.17) is 0 Å². The Bertz CT molecular complexity index is 260. The molecule has 1 aromatic rings. The van der Waals surface area contributed by atoms with Gasteiger partial charge in [-0.15, -0.1) is 0 Å². The minimum atomic E-state index is 0.479. The Morgan fingerprint density at radius 1 is 1.57 bits per heavy atom. The van der Waals surface area contributed by atoms with Gasteiger partial charge in [-0.1, -0.05) is 6.92 Å². The highest BCUT2D eigenvalue weighted by Gasteiger charge is 2.05. The molecular formula is C10H19N3S. The summed E-state index contributed by atoms with van der Waals surface area (Å²) in [5.74, 6) is 3.29. The summed E-state index contributed by atoms with van der Waals surface area (Å²) in [7, 11) is 0. The first kappa shape index (κ1) is 11.4. The number of thioether (sulfide) groups is 1. The molecule has 1 aromatic heterocycles. The van der Waals surface area contributed by atoms with Gasteiger partial charge in [0, 0.05) is 30.7 Å². The summed E-state index contributed by atoms with van der Waals surface area (Å²) in [4.78, 5) is 4.28. The van der Waals surface area contributed by atoms with E-state index in [-0.39, 0.29) is 0 Å². The monoisotopic (exact) mass is 213 g/mol. The fourth-order valence-electron chi connectivity index (χ4n) is 1.26. The van der Waals surface area contributed by atoms with Crippen LogP contribution in [0.3, 0.4) is 0 Å². The summed E-state index contributed by atoms with van der Waals surface area (Å²) in [6.45, 7) is 7.47. The largest absolute Gasteiger partial charge is 0.352 e. The summed E-state index contributed by atoms with van der Waals surface area (Å²) in [6, 6.07) is 0.479. The zero-order valence-corrected chi connectivity index (χ0v) is 9.97. The third-order valence-electron chi connectivity index (χ3n) is 2.00. The van der Waals surface area contributed by atoms with E-state index in [0.29, 0.717) is 6.04 Å². The van der Waals surface area contributed by atoms with E-state index in [1.54, 1.807) is 0 Å². The van der Waals surface area contributed by atoms with Crippen LogP contribution in [-0.4, -0.2) is 27.1 Å². The summed E-state index contributed by atoms with van der Waals surface area (Å²) in [5.41, 5.74) is 0. The first-order valence-corrected chi connectivity index (χ1v) is 6.28. The quantitative estimate of drug-likeness (QED) is 0.787. The average molecular weight is 213 g/mol. The number of nitrogens with zero attached hydrogens (tertiary/aromatic N) is 2. The minimum Gasteiger partial charge on any atom is -0.352 e. The van der Waals surface area contributed by atoms with Crippen molar-refractivity contribution in [1.29, 1.82) is 0 Å². The molecule has 1 unspecified atom stereocenters. The van der Waals surface area contributed by atoms with Crippen molar-refractivity contribution in [2.24, 2.45) is 0 Å². The lowest BCUT2D eigenvalue weighted by Gasteiger charge is -2.14. The Balaban J connectivity index is 2.42. The predicted octanol–water partition coefficient (Wildman–Crippen LogP) is 2.46. The van der Waals surface area contributed by atoms with Crippen molar-refractivity contribution in [1.82, 2.24) is 9.55 Å². The van der Waals surface area contributed by atoms with Gasteiger partial charge in [0.25, 0.3) is 0 Å². The Kier molecular flexibility index (Phi) is 4.87. The highest BCUT2D eigenvalue weighted by Crippen LogP contribution is 2.09. The number of hydrogen-bond acceptors (Lipinski definition) is 3. The van der Waals surface area contributed by atoms with Gasteiger partial charge in [0.1, 0.15) is 0 Å². The third kappa shape index (κ3) is 3.25. The molecule has 0 amide bonds. The van der Waals surface area contributed by atoms with Crippen LogP contribution in [0.5, 0.6) is 0 Å². The van der Waals surface area contributed by atoms with Gasteiger partial charge in [-0.25, -0.2) is 4.98 Å². The Morgan fingerprint density at radius 2 is 2.36 bits per heavy atom. The number of aryl methyl sites for hydroxylation is 1. The van der Waals surface area contributed by atoms with E-state index in [0.717, 1.165) is 18.2 Å². The molecule has 0 aliphatic rings. The van der Waals surface area contributed by atoms with Gasteiger partial charge < -0.3 is 9.88 Å².